The number of aromatic nitrogens is 2. The fraction of sp³-hybridized carbons (Fsp3) is 0.517. The van der Waals surface area contributed by atoms with E-state index >= 15 is 4.39 Å². The minimum atomic E-state index is -1.22. The third-order valence-electron chi connectivity index (χ3n) is 9.65. The van der Waals surface area contributed by atoms with Crippen LogP contribution in [0.5, 0.6) is 11.8 Å². The molecular weight excluding hydrogens is 540 g/mol. The average molecular weight is 571 g/mol. The maximum absolute atomic E-state index is 16.4. The maximum Gasteiger partial charge on any atom is 0.319 e. The van der Waals surface area contributed by atoms with Crippen molar-refractivity contribution < 1.29 is 27.0 Å². The molecule has 0 radical (unpaired) electrons. The van der Waals surface area contributed by atoms with Gasteiger partial charge in [0.25, 0.3) is 0 Å². The van der Waals surface area contributed by atoms with Crippen LogP contribution in [-0.2, 0) is 0 Å². The van der Waals surface area contributed by atoms with Gasteiger partial charge in [0.1, 0.15) is 36.5 Å². The molecule has 0 saturated carbocycles. The summed E-state index contributed by atoms with van der Waals surface area (Å²) in [5.74, 6) is -2.48. The number of hydrogen-bond donors (Lipinski definition) is 2. The van der Waals surface area contributed by atoms with Gasteiger partial charge in [-0.25, -0.2) is 17.6 Å². The van der Waals surface area contributed by atoms with Gasteiger partial charge in [-0.1, -0.05) is 0 Å². The van der Waals surface area contributed by atoms with Crippen LogP contribution in [0.2, 0.25) is 0 Å². The van der Waals surface area contributed by atoms with Crippen LogP contribution in [0.4, 0.5) is 29.1 Å². The molecule has 0 unspecified atom stereocenters. The quantitative estimate of drug-likeness (QED) is 0.360. The number of hydrogen-bond acceptors (Lipinski definition) is 8. The molecule has 2 bridgehead atoms. The molecule has 6 heterocycles. The molecule has 5 aliphatic rings. The molecule has 1 aromatic heterocycles. The molecule has 4 saturated heterocycles. The Morgan fingerprint density at radius 1 is 1.10 bits per heavy atom. The number of ether oxygens (including phenoxy) is 2. The van der Waals surface area contributed by atoms with E-state index in [1.165, 1.54) is 12.1 Å². The Kier molecular flexibility index (Phi) is 5.60. The van der Waals surface area contributed by atoms with Gasteiger partial charge in [0.2, 0.25) is 0 Å². The van der Waals surface area contributed by atoms with Crippen molar-refractivity contribution >= 4 is 22.4 Å². The zero-order valence-corrected chi connectivity index (χ0v) is 22.3. The van der Waals surface area contributed by atoms with E-state index in [2.05, 4.69) is 20.1 Å². The third kappa shape index (κ3) is 3.86. The van der Waals surface area contributed by atoms with Gasteiger partial charge in [-0.2, -0.15) is 9.97 Å². The van der Waals surface area contributed by atoms with E-state index in [1.54, 1.807) is 0 Å². The molecule has 8 rings (SSSR count). The Hall–Kier alpha value is -3.38. The Morgan fingerprint density at radius 2 is 1.95 bits per heavy atom. The summed E-state index contributed by atoms with van der Waals surface area (Å²) in [6.07, 6.45) is 3.18. The lowest BCUT2D eigenvalue weighted by Crippen LogP contribution is -2.60. The summed E-state index contributed by atoms with van der Waals surface area (Å²) < 4.78 is 72.5. The smallest absolute Gasteiger partial charge is 0.319 e. The van der Waals surface area contributed by atoms with Crippen molar-refractivity contribution in [2.24, 2.45) is 0 Å². The largest absolute Gasteiger partial charge is 0.491 e. The highest BCUT2D eigenvalue weighted by molar-refractivity contribution is 5.99. The van der Waals surface area contributed by atoms with Crippen LogP contribution in [0.15, 0.2) is 18.2 Å². The predicted octanol–water partition coefficient (Wildman–Crippen LogP) is 3.95. The molecule has 0 aliphatic carbocycles. The molecule has 41 heavy (non-hydrogen) atoms. The highest BCUT2D eigenvalue weighted by Gasteiger charge is 2.50. The van der Waals surface area contributed by atoms with Crippen LogP contribution in [0.25, 0.3) is 22.0 Å². The molecule has 0 spiro atoms. The summed E-state index contributed by atoms with van der Waals surface area (Å²) in [5, 5.41) is 3.99. The zero-order valence-electron chi connectivity index (χ0n) is 22.3. The van der Waals surface area contributed by atoms with Crippen LogP contribution in [0.1, 0.15) is 32.1 Å². The molecule has 2 aromatic carbocycles. The molecule has 8 nitrogen and oxygen atoms in total. The van der Waals surface area contributed by atoms with Crippen molar-refractivity contribution in [1.29, 1.82) is 0 Å². The first-order chi connectivity index (χ1) is 19.8. The molecule has 216 valence electrons. The van der Waals surface area contributed by atoms with Gasteiger partial charge >= 0.3 is 6.01 Å². The second-order valence-corrected chi connectivity index (χ2v) is 12.1. The van der Waals surface area contributed by atoms with Crippen LogP contribution in [0.3, 0.4) is 0 Å². The zero-order chi connectivity index (χ0) is 28.0. The summed E-state index contributed by atoms with van der Waals surface area (Å²) >= 11 is 0. The number of nitrogen functional groups attached to an aromatic ring is 1. The number of piperazine rings is 1. The van der Waals surface area contributed by atoms with Crippen molar-refractivity contribution in [3.05, 3.63) is 35.7 Å². The summed E-state index contributed by atoms with van der Waals surface area (Å²) in [5.41, 5.74) is 4.66. The van der Waals surface area contributed by atoms with E-state index in [9.17, 15) is 13.2 Å². The summed E-state index contributed by atoms with van der Waals surface area (Å²) in [6.45, 7) is 2.30. The fourth-order valence-electron chi connectivity index (χ4n) is 7.76. The van der Waals surface area contributed by atoms with Crippen molar-refractivity contribution in [2.75, 3.05) is 43.5 Å². The normalized spacial score (nSPS) is 30.3. The molecule has 5 aliphatic heterocycles. The van der Waals surface area contributed by atoms with Gasteiger partial charge < -0.3 is 25.4 Å². The van der Waals surface area contributed by atoms with Gasteiger partial charge in [0.05, 0.1) is 17.0 Å². The number of rotatable bonds is 4. The van der Waals surface area contributed by atoms with E-state index in [0.29, 0.717) is 37.3 Å². The average Bonchev–Trinajstić information content (AvgIpc) is 3.58. The Labute approximate surface area is 233 Å². The summed E-state index contributed by atoms with van der Waals surface area (Å²) in [7, 11) is 0. The summed E-state index contributed by atoms with van der Waals surface area (Å²) in [6, 6.07) is 3.72. The number of anilines is 2. The highest BCUT2D eigenvalue weighted by Crippen LogP contribution is 2.46. The Morgan fingerprint density at radius 3 is 2.83 bits per heavy atom. The van der Waals surface area contributed by atoms with E-state index < -0.39 is 29.2 Å². The number of nitrogens with one attached hydrogen (secondary N) is 1. The lowest BCUT2D eigenvalue weighted by atomic mass is 9.95. The van der Waals surface area contributed by atoms with E-state index in [4.69, 9.17) is 20.2 Å². The number of nitrogens with zero attached hydrogens (tertiary/aromatic N) is 4. The Balaban J connectivity index is 1.29. The van der Waals surface area contributed by atoms with Crippen molar-refractivity contribution in [3.63, 3.8) is 0 Å². The van der Waals surface area contributed by atoms with Crippen LogP contribution < -0.4 is 25.4 Å². The van der Waals surface area contributed by atoms with Crippen LogP contribution in [0, 0.1) is 17.5 Å². The van der Waals surface area contributed by atoms with Crippen LogP contribution >= 0.6 is 0 Å². The van der Waals surface area contributed by atoms with E-state index in [1.807, 2.05) is 0 Å². The second-order valence-electron chi connectivity index (χ2n) is 12.1. The topological polar surface area (TPSA) is 88.8 Å². The molecule has 5 atom stereocenters. The number of nitrogens with two attached hydrogens (primary N) is 1. The third-order valence-corrected chi connectivity index (χ3v) is 9.65. The number of halogens is 4. The lowest BCUT2D eigenvalue weighted by molar-refractivity contribution is 0.107. The minimum absolute atomic E-state index is 0.0382. The van der Waals surface area contributed by atoms with Crippen molar-refractivity contribution in [3.8, 4) is 22.9 Å². The molecule has 0 amide bonds. The predicted molar refractivity (Wildman–Crippen MR) is 144 cm³/mol. The highest BCUT2D eigenvalue weighted by atomic mass is 19.2. The molecule has 3 aromatic rings. The van der Waals surface area contributed by atoms with E-state index in [-0.39, 0.29) is 58.8 Å². The Bertz CT molecular complexity index is 1570. The first-order valence-electron chi connectivity index (χ1n) is 14.3. The van der Waals surface area contributed by atoms with Crippen molar-refractivity contribution in [2.45, 2.75) is 61.9 Å². The second kappa shape index (κ2) is 9.06. The number of benzene rings is 2. The lowest BCUT2D eigenvalue weighted by Gasteiger charge is -2.40. The fourth-order valence-corrected chi connectivity index (χ4v) is 7.76. The van der Waals surface area contributed by atoms with Gasteiger partial charge in [0.15, 0.2) is 17.5 Å². The van der Waals surface area contributed by atoms with Crippen molar-refractivity contribution in [1.82, 2.24) is 20.2 Å². The number of fused-ring (bicyclic) bond motifs is 6. The molecule has 12 heteroatoms. The SMILES string of the molecule is Nc1cc(F)c(F)c(-c2cc3c4c(nc(OC[C@@]56CCCN5C[C@H](F)C6)nc4c2F)N2C[C@H]4CC[C@H](N4)[C@H]2CO3)c1. The minimum Gasteiger partial charge on any atom is -0.491 e. The molecular formula is C29H30F4N6O2. The maximum atomic E-state index is 16.4. The first-order valence-corrected chi connectivity index (χ1v) is 14.3. The standard InChI is InChI=1S/C29H30F4N6O2/c30-14-9-29(4-1-5-38(29)10-14)13-41-28-36-26-23-22(8-18(25(26)33)17-6-15(34)7-19(31)24(17)32)40-12-21-20-3-2-16(35-20)11-39(21)27(23)37-28/h6-8,14,16,20-21,35H,1-5,9-13,34H2/t14-,16-,20+,21-,29+/m1/s1. The monoisotopic (exact) mass is 570 g/mol. The van der Waals surface area contributed by atoms with Crippen LogP contribution in [-0.4, -0.2) is 77.6 Å². The molecule has 4 fully saturated rings. The van der Waals surface area contributed by atoms with Gasteiger partial charge in [0, 0.05) is 48.4 Å². The van der Waals surface area contributed by atoms with Gasteiger partial charge in [-0.05, 0) is 50.4 Å². The molecule has 3 N–H and O–H groups in total. The van der Waals surface area contributed by atoms with E-state index in [0.717, 1.165) is 38.3 Å². The number of alkyl halides is 1. The first kappa shape index (κ1) is 25.3. The summed E-state index contributed by atoms with van der Waals surface area (Å²) in [4.78, 5) is 13.5. The van der Waals surface area contributed by atoms with Gasteiger partial charge in [-0.15, -0.1) is 0 Å². The van der Waals surface area contributed by atoms with Gasteiger partial charge in [-0.3, -0.25) is 4.90 Å².